The molecule has 2 aromatic heterocycles. The topological polar surface area (TPSA) is 67.6 Å². The number of anilines is 1. The summed E-state index contributed by atoms with van der Waals surface area (Å²) in [5.41, 5.74) is 2.16. The minimum atomic E-state index is -0.451. The fourth-order valence-corrected chi connectivity index (χ4v) is 4.00. The molecule has 0 aliphatic carbocycles. The van der Waals surface area contributed by atoms with Crippen molar-refractivity contribution < 1.29 is 0 Å². The Bertz CT molecular complexity index is 1360. The summed E-state index contributed by atoms with van der Waals surface area (Å²) in [7, 11) is 3.93. The summed E-state index contributed by atoms with van der Waals surface area (Å²) in [6, 6.07) is 15.0. The molecule has 146 valence electrons. The van der Waals surface area contributed by atoms with Gasteiger partial charge in [-0.15, -0.1) is 0 Å². The van der Waals surface area contributed by atoms with Crippen LogP contribution in [0.4, 0.5) is 5.69 Å². The Hall–Kier alpha value is -3.03. The summed E-state index contributed by atoms with van der Waals surface area (Å²) in [4.78, 5) is 31.5. The molecule has 0 atom stereocenters. The average molecular weight is 425 g/mol. The van der Waals surface area contributed by atoms with Gasteiger partial charge in [-0.25, -0.2) is 0 Å². The molecule has 0 aliphatic heterocycles. The first kappa shape index (κ1) is 19.3. The number of thiazole rings is 1. The molecule has 0 radical (unpaired) electrons. The zero-order valence-electron chi connectivity index (χ0n) is 15.8. The predicted molar refractivity (Wildman–Crippen MR) is 117 cm³/mol. The lowest BCUT2D eigenvalue weighted by atomic mass is 10.1. The van der Waals surface area contributed by atoms with Crippen molar-refractivity contribution in [1.29, 1.82) is 0 Å². The maximum Gasteiger partial charge on any atom is 0.296 e. The van der Waals surface area contributed by atoms with Gasteiger partial charge in [0.25, 0.3) is 11.1 Å². The third-order valence-corrected chi connectivity index (χ3v) is 5.80. The van der Waals surface area contributed by atoms with Crippen molar-refractivity contribution in [1.82, 2.24) is 14.6 Å². The third-order valence-electron chi connectivity index (χ3n) is 4.47. The van der Waals surface area contributed by atoms with Crippen LogP contribution >= 0.6 is 22.9 Å². The first-order valence-corrected chi connectivity index (χ1v) is 10.1. The maximum absolute atomic E-state index is 12.8. The van der Waals surface area contributed by atoms with Crippen molar-refractivity contribution in [3.63, 3.8) is 0 Å². The van der Waals surface area contributed by atoms with Crippen LogP contribution in [0.15, 0.2) is 58.1 Å². The van der Waals surface area contributed by atoms with E-state index in [-0.39, 0.29) is 22.6 Å². The first-order chi connectivity index (χ1) is 13.9. The van der Waals surface area contributed by atoms with Crippen LogP contribution < -0.4 is 20.6 Å². The molecule has 0 bridgehead atoms. The molecule has 4 rings (SSSR count). The van der Waals surface area contributed by atoms with Crippen molar-refractivity contribution in [2.24, 2.45) is 0 Å². The Morgan fingerprint density at radius 3 is 2.52 bits per heavy atom. The van der Waals surface area contributed by atoms with Crippen LogP contribution in [-0.4, -0.2) is 28.7 Å². The van der Waals surface area contributed by atoms with Crippen molar-refractivity contribution in [2.75, 3.05) is 19.0 Å². The number of aromatic nitrogens is 3. The quantitative estimate of drug-likeness (QED) is 0.503. The van der Waals surface area contributed by atoms with Gasteiger partial charge in [0, 0.05) is 31.2 Å². The number of fused-ring (bicyclic) bond motifs is 1. The van der Waals surface area contributed by atoms with E-state index >= 15 is 0 Å². The number of halogens is 1. The van der Waals surface area contributed by atoms with Crippen LogP contribution in [0.5, 0.6) is 0 Å². The van der Waals surface area contributed by atoms with E-state index in [2.05, 4.69) is 10.1 Å². The standard InChI is InChI=1S/C21H17ClN4O2S/c1-25(2)15-9-7-13(8-10-15)11-18-20(28)26-21(29-18)23-19(27)17(24-26)12-14-5-3-4-6-16(14)22/h3-11H,12H2,1-2H3/b18-11-. The lowest BCUT2D eigenvalue weighted by molar-refractivity contribution is 0.811. The van der Waals surface area contributed by atoms with E-state index in [1.165, 1.54) is 4.52 Å². The van der Waals surface area contributed by atoms with Crippen LogP contribution in [-0.2, 0) is 6.42 Å². The Morgan fingerprint density at radius 2 is 1.83 bits per heavy atom. The van der Waals surface area contributed by atoms with Gasteiger partial charge < -0.3 is 4.90 Å². The highest BCUT2D eigenvalue weighted by molar-refractivity contribution is 7.15. The van der Waals surface area contributed by atoms with Gasteiger partial charge in [0.15, 0.2) is 0 Å². The minimum absolute atomic E-state index is 0.187. The zero-order valence-corrected chi connectivity index (χ0v) is 17.4. The maximum atomic E-state index is 12.8. The highest BCUT2D eigenvalue weighted by Crippen LogP contribution is 2.17. The lowest BCUT2D eigenvalue weighted by Gasteiger charge is -2.11. The SMILES string of the molecule is CN(C)c1ccc(/C=c2\sc3nc(=O)c(Cc4ccccc4Cl)nn3c2=O)cc1. The van der Waals surface area contributed by atoms with Gasteiger partial charge in [-0.3, -0.25) is 9.59 Å². The minimum Gasteiger partial charge on any atom is -0.378 e. The molecule has 8 heteroatoms. The predicted octanol–water partition coefficient (Wildman–Crippen LogP) is 2.37. The number of nitrogens with zero attached hydrogens (tertiary/aromatic N) is 4. The van der Waals surface area contributed by atoms with E-state index in [0.29, 0.717) is 9.55 Å². The van der Waals surface area contributed by atoms with Crippen LogP contribution in [0.2, 0.25) is 5.02 Å². The Labute approximate surface area is 175 Å². The van der Waals surface area contributed by atoms with Gasteiger partial charge in [0.1, 0.15) is 5.69 Å². The number of benzene rings is 2. The monoisotopic (exact) mass is 424 g/mol. The largest absolute Gasteiger partial charge is 0.378 e. The number of hydrogen-bond acceptors (Lipinski definition) is 6. The highest BCUT2D eigenvalue weighted by Gasteiger charge is 2.13. The summed E-state index contributed by atoms with van der Waals surface area (Å²) in [5.74, 6) is 0. The van der Waals surface area contributed by atoms with E-state index in [0.717, 1.165) is 28.2 Å². The van der Waals surface area contributed by atoms with Gasteiger partial charge in [-0.2, -0.15) is 14.6 Å². The van der Waals surface area contributed by atoms with Crippen LogP contribution in [0, 0.1) is 0 Å². The van der Waals surface area contributed by atoms with Gasteiger partial charge in [-0.1, -0.05) is 53.3 Å². The molecule has 0 amide bonds. The highest BCUT2D eigenvalue weighted by atomic mass is 35.5. The molecule has 6 nitrogen and oxygen atoms in total. The molecule has 0 fully saturated rings. The number of rotatable bonds is 4. The second kappa shape index (κ2) is 7.77. The van der Waals surface area contributed by atoms with E-state index in [4.69, 9.17) is 11.6 Å². The van der Waals surface area contributed by atoms with Crippen molar-refractivity contribution >= 4 is 39.7 Å². The summed E-state index contributed by atoms with van der Waals surface area (Å²) < 4.78 is 1.66. The van der Waals surface area contributed by atoms with E-state index in [9.17, 15) is 9.59 Å². The summed E-state index contributed by atoms with van der Waals surface area (Å²) in [6.45, 7) is 0. The smallest absolute Gasteiger partial charge is 0.296 e. The molecule has 0 saturated carbocycles. The lowest BCUT2D eigenvalue weighted by Crippen LogP contribution is -2.28. The second-order valence-corrected chi connectivity index (χ2v) is 8.14. The van der Waals surface area contributed by atoms with Crippen molar-refractivity contribution in [3.8, 4) is 0 Å². The molecule has 4 aromatic rings. The summed E-state index contributed by atoms with van der Waals surface area (Å²) in [6.07, 6.45) is 2.00. The Kier molecular flexibility index (Phi) is 5.17. The van der Waals surface area contributed by atoms with Gasteiger partial charge in [-0.05, 0) is 35.4 Å². The number of hydrogen-bond donors (Lipinski definition) is 0. The van der Waals surface area contributed by atoms with Crippen molar-refractivity contribution in [2.45, 2.75) is 6.42 Å². The summed E-state index contributed by atoms with van der Waals surface area (Å²) in [5, 5.41) is 4.81. The average Bonchev–Trinajstić information content (AvgIpc) is 2.99. The van der Waals surface area contributed by atoms with Crippen LogP contribution in [0.25, 0.3) is 11.0 Å². The van der Waals surface area contributed by atoms with E-state index in [1.807, 2.05) is 61.5 Å². The normalized spacial score (nSPS) is 11.9. The fraction of sp³-hybridized carbons (Fsp3) is 0.143. The summed E-state index contributed by atoms with van der Waals surface area (Å²) >= 11 is 7.32. The molecule has 2 aromatic carbocycles. The van der Waals surface area contributed by atoms with Gasteiger partial charge >= 0.3 is 0 Å². The molecule has 2 heterocycles. The van der Waals surface area contributed by atoms with Crippen LogP contribution in [0.1, 0.15) is 16.8 Å². The molecule has 0 N–H and O–H groups in total. The molecule has 29 heavy (non-hydrogen) atoms. The molecular formula is C21H17ClN4O2S. The zero-order chi connectivity index (χ0) is 20.5. The van der Waals surface area contributed by atoms with E-state index in [1.54, 1.807) is 12.1 Å². The second-order valence-electron chi connectivity index (χ2n) is 6.73. The molecular weight excluding hydrogens is 408 g/mol. The molecule has 0 spiro atoms. The fourth-order valence-electron chi connectivity index (χ4n) is 2.89. The van der Waals surface area contributed by atoms with Crippen LogP contribution in [0.3, 0.4) is 0 Å². The van der Waals surface area contributed by atoms with E-state index < -0.39 is 5.56 Å². The molecule has 0 aliphatic rings. The molecule has 0 saturated heterocycles. The Balaban J connectivity index is 1.77. The third kappa shape index (κ3) is 3.92. The van der Waals surface area contributed by atoms with Gasteiger partial charge in [0.05, 0.1) is 4.53 Å². The van der Waals surface area contributed by atoms with Gasteiger partial charge in [0.2, 0.25) is 4.96 Å². The first-order valence-electron chi connectivity index (χ1n) is 8.87. The van der Waals surface area contributed by atoms with Crippen molar-refractivity contribution in [3.05, 3.63) is 95.6 Å². The molecule has 0 unspecified atom stereocenters. The Morgan fingerprint density at radius 1 is 1.10 bits per heavy atom.